The highest BCUT2D eigenvalue weighted by Gasteiger charge is 2.23. The minimum Gasteiger partial charge on any atom is -0.479 e. The monoisotopic (exact) mass is 319 g/mol. The van der Waals surface area contributed by atoms with Crippen molar-refractivity contribution in [3.63, 3.8) is 0 Å². The van der Waals surface area contributed by atoms with Crippen molar-refractivity contribution in [1.29, 1.82) is 0 Å². The molecule has 4 N–H and O–H groups in total. The number of amides is 2. The maximum absolute atomic E-state index is 11.6. The van der Waals surface area contributed by atoms with E-state index in [9.17, 15) is 18.0 Å². The SMILES string of the molecule is Cn1cc(C(NC(=O)NCCNS(C)(=O)=O)C(=O)O)cn1. The van der Waals surface area contributed by atoms with Crippen LogP contribution in [-0.2, 0) is 21.9 Å². The molecular formula is C10H17N5O5S. The summed E-state index contributed by atoms with van der Waals surface area (Å²) in [5.41, 5.74) is 0.328. The number of aliphatic carboxylic acids is 1. The Morgan fingerprint density at radius 2 is 2.10 bits per heavy atom. The van der Waals surface area contributed by atoms with Gasteiger partial charge in [0, 0.05) is 31.9 Å². The van der Waals surface area contributed by atoms with Gasteiger partial charge in [0.2, 0.25) is 10.0 Å². The van der Waals surface area contributed by atoms with Gasteiger partial charge < -0.3 is 15.7 Å². The Labute approximate surface area is 121 Å². The normalized spacial score (nSPS) is 12.7. The van der Waals surface area contributed by atoms with Crippen molar-refractivity contribution in [2.24, 2.45) is 7.05 Å². The number of rotatable bonds is 7. The molecule has 1 unspecified atom stereocenters. The van der Waals surface area contributed by atoms with Gasteiger partial charge in [-0.05, 0) is 0 Å². The summed E-state index contributed by atoms with van der Waals surface area (Å²) in [6, 6.07) is -1.96. The molecule has 0 spiro atoms. The van der Waals surface area contributed by atoms with Gasteiger partial charge in [-0.25, -0.2) is 22.7 Å². The zero-order valence-corrected chi connectivity index (χ0v) is 12.3. The summed E-state index contributed by atoms with van der Waals surface area (Å²) in [6.45, 7) is 0.0369. The largest absolute Gasteiger partial charge is 0.479 e. The molecule has 0 aromatic carbocycles. The van der Waals surface area contributed by atoms with Crippen LogP contribution in [0, 0.1) is 0 Å². The third-order valence-electron chi connectivity index (χ3n) is 2.36. The Morgan fingerprint density at radius 3 is 2.57 bits per heavy atom. The van der Waals surface area contributed by atoms with Crippen molar-refractivity contribution in [3.05, 3.63) is 18.0 Å². The van der Waals surface area contributed by atoms with Gasteiger partial charge >= 0.3 is 12.0 Å². The number of hydrogen-bond acceptors (Lipinski definition) is 5. The van der Waals surface area contributed by atoms with Crippen LogP contribution in [0.2, 0.25) is 0 Å². The Hall–Kier alpha value is -2.14. The van der Waals surface area contributed by atoms with E-state index in [1.807, 2.05) is 0 Å². The Bertz CT molecular complexity index is 611. The minimum atomic E-state index is -3.33. The van der Waals surface area contributed by atoms with Crippen LogP contribution in [0.5, 0.6) is 0 Å². The number of sulfonamides is 1. The van der Waals surface area contributed by atoms with E-state index in [1.54, 1.807) is 7.05 Å². The van der Waals surface area contributed by atoms with Crippen LogP contribution in [0.3, 0.4) is 0 Å². The summed E-state index contributed by atoms with van der Waals surface area (Å²) >= 11 is 0. The molecule has 1 aromatic heterocycles. The van der Waals surface area contributed by atoms with Crippen LogP contribution in [0.25, 0.3) is 0 Å². The minimum absolute atomic E-state index is 0.0108. The van der Waals surface area contributed by atoms with Gasteiger partial charge in [0.25, 0.3) is 0 Å². The molecular weight excluding hydrogens is 302 g/mol. The van der Waals surface area contributed by atoms with E-state index < -0.39 is 28.1 Å². The highest BCUT2D eigenvalue weighted by Crippen LogP contribution is 2.11. The number of carbonyl (C=O) groups excluding carboxylic acids is 1. The number of nitrogens with one attached hydrogen (secondary N) is 3. The highest BCUT2D eigenvalue weighted by atomic mass is 32.2. The number of carbonyl (C=O) groups is 2. The van der Waals surface area contributed by atoms with Gasteiger partial charge in [-0.15, -0.1) is 0 Å². The fraction of sp³-hybridized carbons (Fsp3) is 0.500. The molecule has 2 amide bonds. The standard InChI is InChI=1S/C10H17N5O5S/c1-15-6-7(5-12-15)8(9(16)17)14-10(18)11-3-4-13-21(2,19)20/h5-6,8,13H,3-4H2,1-2H3,(H,16,17)(H2,11,14,18). The number of hydrogen-bond donors (Lipinski definition) is 4. The first-order valence-electron chi connectivity index (χ1n) is 5.89. The molecule has 118 valence electrons. The van der Waals surface area contributed by atoms with Crippen LogP contribution in [0.1, 0.15) is 11.6 Å². The van der Waals surface area contributed by atoms with Gasteiger partial charge in [0.1, 0.15) is 0 Å². The maximum Gasteiger partial charge on any atom is 0.331 e. The van der Waals surface area contributed by atoms with Crippen molar-refractivity contribution < 1.29 is 23.1 Å². The van der Waals surface area contributed by atoms with E-state index >= 15 is 0 Å². The van der Waals surface area contributed by atoms with E-state index in [2.05, 4.69) is 20.5 Å². The average molecular weight is 319 g/mol. The predicted octanol–water partition coefficient (Wildman–Crippen LogP) is -1.61. The van der Waals surface area contributed by atoms with Crippen molar-refractivity contribution in [2.75, 3.05) is 19.3 Å². The fourth-order valence-corrected chi connectivity index (χ4v) is 1.94. The summed E-state index contributed by atoms with van der Waals surface area (Å²) < 4.78 is 25.2. The molecule has 0 saturated carbocycles. The molecule has 0 fully saturated rings. The lowest BCUT2D eigenvalue weighted by Gasteiger charge is -2.13. The smallest absolute Gasteiger partial charge is 0.331 e. The number of nitrogens with zero attached hydrogens (tertiary/aromatic N) is 2. The molecule has 1 atom stereocenters. The second kappa shape index (κ2) is 7.04. The van der Waals surface area contributed by atoms with E-state index in [0.29, 0.717) is 5.56 Å². The number of aromatic nitrogens is 2. The summed E-state index contributed by atoms with van der Waals surface area (Å²) in [5, 5.41) is 17.5. The Balaban J connectivity index is 2.49. The molecule has 1 rings (SSSR count). The third-order valence-corrected chi connectivity index (χ3v) is 3.08. The molecule has 0 aliphatic rings. The summed E-state index contributed by atoms with van der Waals surface area (Å²) in [4.78, 5) is 22.7. The first-order chi connectivity index (χ1) is 9.69. The van der Waals surface area contributed by atoms with Crippen LogP contribution in [-0.4, -0.2) is 54.7 Å². The first-order valence-corrected chi connectivity index (χ1v) is 7.78. The van der Waals surface area contributed by atoms with E-state index in [-0.39, 0.29) is 13.1 Å². The molecule has 1 heterocycles. The van der Waals surface area contributed by atoms with Crippen molar-refractivity contribution in [1.82, 2.24) is 25.1 Å². The molecule has 21 heavy (non-hydrogen) atoms. The molecule has 1 aromatic rings. The maximum atomic E-state index is 11.6. The highest BCUT2D eigenvalue weighted by molar-refractivity contribution is 7.88. The molecule has 0 bridgehead atoms. The van der Waals surface area contributed by atoms with Crippen molar-refractivity contribution >= 4 is 22.0 Å². The number of carboxylic acid groups (broad SMARTS) is 1. The van der Waals surface area contributed by atoms with Gasteiger partial charge in [-0.2, -0.15) is 5.10 Å². The van der Waals surface area contributed by atoms with E-state index in [1.165, 1.54) is 17.1 Å². The van der Waals surface area contributed by atoms with Crippen LogP contribution < -0.4 is 15.4 Å². The van der Waals surface area contributed by atoms with E-state index in [4.69, 9.17) is 5.11 Å². The second-order valence-electron chi connectivity index (χ2n) is 4.29. The van der Waals surface area contributed by atoms with Gasteiger partial charge in [0.15, 0.2) is 6.04 Å². The molecule has 10 nitrogen and oxygen atoms in total. The molecule has 0 saturated heterocycles. The van der Waals surface area contributed by atoms with Gasteiger partial charge in [-0.3, -0.25) is 4.68 Å². The zero-order valence-electron chi connectivity index (χ0n) is 11.5. The Kier molecular flexibility index (Phi) is 5.67. The van der Waals surface area contributed by atoms with Crippen LogP contribution in [0.4, 0.5) is 4.79 Å². The van der Waals surface area contributed by atoms with Gasteiger partial charge in [0.05, 0.1) is 12.5 Å². The third kappa shape index (κ3) is 6.23. The zero-order chi connectivity index (χ0) is 16.0. The summed E-state index contributed by atoms with van der Waals surface area (Å²) in [5.74, 6) is -1.23. The molecule has 0 radical (unpaired) electrons. The van der Waals surface area contributed by atoms with Crippen molar-refractivity contribution in [3.8, 4) is 0 Å². The lowest BCUT2D eigenvalue weighted by Crippen LogP contribution is -2.43. The van der Waals surface area contributed by atoms with Gasteiger partial charge in [-0.1, -0.05) is 0 Å². The lowest BCUT2D eigenvalue weighted by atomic mass is 10.1. The van der Waals surface area contributed by atoms with Crippen LogP contribution in [0.15, 0.2) is 12.4 Å². The quantitative estimate of drug-likeness (QED) is 0.446. The van der Waals surface area contributed by atoms with E-state index in [0.717, 1.165) is 6.26 Å². The topological polar surface area (TPSA) is 142 Å². The first kappa shape index (κ1) is 16.9. The molecule has 11 heteroatoms. The predicted molar refractivity (Wildman–Crippen MR) is 73.0 cm³/mol. The average Bonchev–Trinajstić information content (AvgIpc) is 2.76. The molecule has 0 aliphatic carbocycles. The molecule has 0 aliphatic heterocycles. The summed E-state index contributed by atoms with van der Waals surface area (Å²) in [7, 11) is -1.70. The Morgan fingerprint density at radius 1 is 1.43 bits per heavy atom. The fourth-order valence-electron chi connectivity index (χ4n) is 1.47. The van der Waals surface area contributed by atoms with Crippen LogP contribution >= 0.6 is 0 Å². The summed E-state index contributed by atoms with van der Waals surface area (Å²) in [6.07, 6.45) is 3.81. The number of urea groups is 1. The second-order valence-corrected chi connectivity index (χ2v) is 6.12. The lowest BCUT2D eigenvalue weighted by molar-refractivity contribution is -0.139. The number of carboxylic acids is 1. The number of aryl methyl sites for hydroxylation is 1. The van der Waals surface area contributed by atoms with Crippen molar-refractivity contribution in [2.45, 2.75) is 6.04 Å².